The van der Waals surface area contributed by atoms with Gasteiger partial charge in [0.15, 0.2) is 0 Å². The zero-order valence-electron chi connectivity index (χ0n) is 11.6. The maximum absolute atomic E-state index is 12.2. The lowest BCUT2D eigenvalue weighted by molar-refractivity contribution is -0.132. The fourth-order valence-corrected chi connectivity index (χ4v) is 2.35. The predicted octanol–water partition coefficient (Wildman–Crippen LogP) is 1.87. The Hall–Kier alpha value is -1.61. The van der Waals surface area contributed by atoms with E-state index in [0.717, 1.165) is 38.3 Å². The van der Waals surface area contributed by atoms with Crippen molar-refractivity contribution in [2.45, 2.75) is 13.3 Å². The Morgan fingerprint density at radius 3 is 2.42 bits per heavy atom. The fourth-order valence-electron chi connectivity index (χ4n) is 2.35. The van der Waals surface area contributed by atoms with Crippen molar-refractivity contribution in [3.05, 3.63) is 48.0 Å². The van der Waals surface area contributed by atoms with Crippen molar-refractivity contribution in [3.63, 3.8) is 0 Å². The van der Waals surface area contributed by atoms with Gasteiger partial charge in [-0.25, -0.2) is 0 Å². The number of hydrogen-bond donors (Lipinski definition) is 0. The molecule has 0 aromatic heterocycles. The van der Waals surface area contributed by atoms with E-state index in [2.05, 4.69) is 30.5 Å². The van der Waals surface area contributed by atoms with Gasteiger partial charge in [0.1, 0.15) is 0 Å². The van der Waals surface area contributed by atoms with Crippen molar-refractivity contribution in [3.8, 4) is 0 Å². The molecule has 0 bridgehead atoms. The lowest BCUT2D eigenvalue weighted by atomic mass is 10.1. The van der Waals surface area contributed by atoms with Crippen LogP contribution in [0.1, 0.15) is 11.1 Å². The molecule has 0 spiro atoms. The monoisotopic (exact) mass is 258 g/mol. The second kappa shape index (κ2) is 6.53. The normalized spacial score (nSPS) is 16.4. The van der Waals surface area contributed by atoms with Crippen molar-refractivity contribution in [1.82, 2.24) is 9.80 Å². The predicted molar refractivity (Wildman–Crippen MR) is 78.1 cm³/mol. The van der Waals surface area contributed by atoms with E-state index < -0.39 is 0 Å². The lowest BCUT2D eigenvalue weighted by Gasteiger charge is -2.34. The van der Waals surface area contributed by atoms with Gasteiger partial charge < -0.3 is 4.90 Å². The molecule has 1 heterocycles. The Morgan fingerprint density at radius 1 is 1.21 bits per heavy atom. The molecule has 3 heteroatoms. The molecule has 1 amide bonds. The fraction of sp³-hybridized carbons (Fsp3) is 0.438. The van der Waals surface area contributed by atoms with E-state index >= 15 is 0 Å². The van der Waals surface area contributed by atoms with Gasteiger partial charge in [0, 0.05) is 32.7 Å². The number of piperazine rings is 1. The first-order valence-corrected chi connectivity index (χ1v) is 6.85. The van der Waals surface area contributed by atoms with Crippen LogP contribution in [0.3, 0.4) is 0 Å². The van der Waals surface area contributed by atoms with E-state index in [1.165, 1.54) is 5.56 Å². The summed E-state index contributed by atoms with van der Waals surface area (Å²) in [6.07, 6.45) is 2.44. The number of hydrogen-bond acceptors (Lipinski definition) is 2. The Kier molecular flexibility index (Phi) is 4.74. The Labute approximate surface area is 115 Å². The van der Waals surface area contributed by atoms with Gasteiger partial charge >= 0.3 is 0 Å². The summed E-state index contributed by atoms with van der Waals surface area (Å²) in [5, 5.41) is 0. The molecule has 102 valence electrons. The van der Waals surface area contributed by atoms with Gasteiger partial charge in [-0.3, -0.25) is 9.69 Å². The van der Waals surface area contributed by atoms with Gasteiger partial charge in [-0.2, -0.15) is 0 Å². The van der Waals surface area contributed by atoms with Crippen molar-refractivity contribution in [2.24, 2.45) is 0 Å². The molecule has 1 aromatic rings. The molecule has 0 radical (unpaired) electrons. The minimum Gasteiger partial charge on any atom is -0.340 e. The third-order valence-electron chi connectivity index (χ3n) is 3.59. The van der Waals surface area contributed by atoms with Crippen LogP contribution in [-0.4, -0.2) is 48.4 Å². The van der Waals surface area contributed by atoms with Gasteiger partial charge in [0.25, 0.3) is 0 Å². The summed E-state index contributed by atoms with van der Waals surface area (Å²) < 4.78 is 0. The van der Waals surface area contributed by atoms with Crippen LogP contribution in [0.15, 0.2) is 36.9 Å². The van der Waals surface area contributed by atoms with Crippen molar-refractivity contribution in [2.75, 3.05) is 32.7 Å². The maximum atomic E-state index is 12.2. The average molecular weight is 258 g/mol. The Balaban J connectivity index is 1.84. The minimum absolute atomic E-state index is 0.238. The number of carbonyl (C=O) groups is 1. The van der Waals surface area contributed by atoms with E-state index in [0.29, 0.717) is 6.42 Å². The molecule has 0 atom stereocenters. The Morgan fingerprint density at radius 2 is 1.84 bits per heavy atom. The average Bonchev–Trinajstić information content (AvgIpc) is 2.42. The van der Waals surface area contributed by atoms with Crippen molar-refractivity contribution in [1.29, 1.82) is 0 Å². The first-order chi connectivity index (χ1) is 9.19. The summed E-state index contributed by atoms with van der Waals surface area (Å²) in [5.74, 6) is 0.238. The molecule has 19 heavy (non-hydrogen) atoms. The summed E-state index contributed by atoms with van der Waals surface area (Å²) >= 11 is 0. The minimum atomic E-state index is 0.238. The lowest BCUT2D eigenvalue weighted by Crippen LogP contribution is -2.49. The second-order valence-electron chi connectivity index (χ2n) is 5.13. The number of benzene rings is 1. The van der Waals surface area contributed by atoms with Gasteiger partial charge in [-0.1, -0.05) is 35.9 Å². The molecule has 0 aliphatic carbocycles. The van der Waals surface area contributed by atoms with Gasteiger partial charge in [-0.15, -0.1) is 6.58 Å². The molecule has 1 saturated heterocycles. The van der Waals surface area contributed by atoms with E-state index in [-0.39, 0.29) is 5.91 Å². The number of nitrogens with zero attached hydrogens (tertiary/aromatic N) is 2. The number of aryl methyl sites for hydroxylation is 1. The highest BCUT2D eigenvalue weighted by atomic mass is 16.2. The van der Waals surface area contributed by atoms with Crippen molar-refractivity contribution < 1.29 is 4.79 Å². The standard InChI is InChI=1S/C16H22N2O/c1-3-8-17-9-11-18(12-10-17)16(19)13-15-6-4-14(2)5-7-15/h3-7H,1,8-13H2,2H3. The van der Waals surface area contributed by atoms with Crippen LogP contribution in [0, 0.1) is 6.92 Å². The first kappa shape index (κ1) is 13.8. The van der Waals surface area contributed by atoms with Gasteiger partial charge in [0.2, 0.25) is 5.91 Å². The summed E-state index contributed by atoms with van der Waals surface area (Å²) in [4.78, 5) is 16.5. The molecule has 3 nitrogen and oxygen atoms in total. The molecule has 1 fully saturated rings. The zero-order chi connectivity index (χ0) is 13.7. The largest absolute Gasteiger partial charge is 0.340 e. The van der Waals surface area contributed by atoms with Crippen LogP contribution in [0.25, 0.3) is 0 Å². The third kappa shape index (κ3) is 3.93. The summed E-state index contributed by atoms with van der Waals surface area (Å²) in [5.41, 5.74) is 2.33. The van der Waals surface area contributed by atoms with E-state index in [1.54, 1.807) is 0 Å². The maximum Gasteiger partial charge on any atom is 0.227 e. The quantitative estimate of drug-likeness (QED) is 0.770. The molecular weight excluding hydrogens is 236 g/mol. The highest BCUT2D eigenvalue weighted by Crippen LogP contribution is 2.08. The van der Waals surface area contributed by atoms with Gasteiger partial charge in [0.05, 0.1) is 6.42 Å². The van der Waals surface area contributed by atoms with E-state index in [1.807, 2.05) is 23.1 Å². The topological polar surface area (TPSA) is 23.6 Å². The summed E-state index contributed by atoms with van der Waals surface area (Å²) in [6.45, 7) is 10.3. The molecule has 0 unspecified atom stereocenters. The molecular formula is C16H22N2O. The number of rotatable bonds is 4. The van der Waals surface area contributed by atoms with Crippen LogP contribution < -0.4 is 0 Å². The van der Waals surface area contributed by atoms with Crippen LogP contribution in [0.2, 0.25) is 0 Å². The number of amides is 1. The van der Waals surface area contributed by atoms with Crippen LogP contribution in [-0.2, 0) is 11.2 Å². The van der Waals surface area contributed by atoms with E-state index in [9.17, 15) is 4.79 Å². The molecule has 1 aromatic carbocycles. The van der Waals surface area contributed by atoms with Crippen LogP contribution in [0.5, 0.6) is 0 Å². The highest BCUT2D eigenvalue weighted by molar-refractivity contribution is 5.78. The molecule has 0 saturated carbocycles. The smallest absolute Gasteiger partial charge is 0.227 e. The molecule has 2 rings (SSSR count). The molecule has 1 aliphatic rings. The Bertz CT molecular complexity index is 431. The SMILES string of the molecule is C=CCN1CCN(C(=O)Cc2ccc(C)cc2)CC1. The number of carbonyl (C=O) groups excluding carboxylic acids is 1. The molecule has 1 aliphatic heterocycles. The van der Waals surface area contributed by atoms with E-state index in [4.69, 9.17) is 0 Å². The van der Waals surface area contributed by atoms with Crippen LogP contribution in [0.4, 0.5) is 0 Å². The zero-order valence-corrected chi connectivity index (χ0v) is 11.6. The van der Waals surface area contributed by atoms with Crippen LogP contribution >= 0.6 is 0 Å². The third-order valence-corrected chi connectivity index (χ3v) is 3.59. The summed E-state index contributed by atoms with van der Waals surface area (Å²) in [6, 6.07) is 8.21. The van der Waals surface area contributed by atoms with Gasteiger partial charge in [-0.05, 0) is 12.5 Å². The van der Waals surface area contributed by atoms with Crippen molar-refractivity contribution >= 4 is 5.91 Å². The molecule has 0 N–H and O–H groups in total. The first-order valence-electron chi connectivity index (χ1n) is 6.85. The summed E-state index contributed by atoms with van der Waals surface area (Å²) in [7, 11) is 0. The highest BCUT2D eigenvalue weighted by Gasteiger charge is 2.20. The second-order valence-corrected chi connectivity index (χ2v) is 5.13.